The number of hydrogen-bond acceptors (Lipinski definition) is 2. The van der Waals surface area contributed by atoms with Crippen LogP contribution in [0.1, 0.15) is 17.9 Å². The average Bonchev–Trinajstić information content (AvgIpc) is 2.72. The smallest absolute Gasteiger partial charge is 0.255 e. The van der Waals surface area contributed by atoms with Gasteiger partial charge in [0, 0.05) is 31.6 Å². The molecule has 1 aromatic carbocycles. The SMILES string of the molecule is CN(CC(F)F)C(=O)CC1CNc2ccccc21. The van der Waals surface area contributed by atoms with Crippen molar-refractivity contribution in [1.82, 2.24) is 4.90 Å². The molecule has 0 aliphatic carbocycles. The summed E-state index contributed by atoms with van der Waals surface area (Å²) < 4.78 is 24.4. The monoisotopic (exact) mass is 254 g/mol. The Balaban J connectivity index is 1.97. The lowest BCUT2D eigenvalue weighted by molar-refractivity contribution is -0.131. The highest BCUT2D eigenvalue weighted by atomic mass is 19.3. The van der Waals surface area contributed by atoms with Crippen LogP contribution in [0.2, 0.25) is 0 Å². The van der Waals surface area contributed by atoms with E-state index in [-0.39, 0.29) is 18.2 Å². The van der Waals surface area contributed by atoms with Gasteiger partial charge in [-0.25, -0.2) is 8.78 Å². The van der Waals surface area contributed by atoms with Crippen LogP contribution in [0.25, 0.3) is 0 Å². The molecule has 5 heteroatoms. The van der Waals surface area contributed by atoms with Crippen molar-refractivity contribution in [2.75, 3.05) is 25.5 Å². The predicted octanol–water partition coefficient (Wildman–Crippen LogP) is 2.31. The molecule has 1 aliphatic heterocycles. The third-order valence-corrected chi connectivity index (χ3v) is 3.20. The fourth-order valence-corrected chi connectivity index (χ4v) is 2.21. The highest BCUT2D eigenvalue weighted by molar-refractivity contribution is 5.78. The van der Waals surface area contributed by atoms with Crippen LogP contribution >= 0.6 is 0 Å². The van der Waals surface area contributed by atoms with Crippen LogP contribution in [0.4, 0.5) is 14.5 Å². The molecule has 1 N–H and O–H groups in total. The highest BCUT2D eigenvalue weighted by Crippen LogP contribution is 2.33. The molecule has 0 bridgehead atoms. The van der Waals surface area contributed by atoms with Crippen molar-refractivity contribution in [3.63, 3.8) is 0 Å². The number of nitrogens with one attached hydrogen (secondary N) is 1. The van der Waals surface area contributed by atoms with Gasteiger partial charge in [0.2, 0.25) is 5.91 Å². The van der Waals surface area contributed by atoms with E-state index < -0.39 is 13.0 Å². The van der Waals surface area contributed by atoms with Crippen molar-refractivity contribution in [3.8, 4) is 0 Å². The van der Waals surface area contributed by atoms with Gasteiger partial charge in [-0.15, -0.1) is 0 Å². The second-order valence-corrected chi connectivity index (χ2v) is 4.53. The van der Waals surface area contributed by atoms with Gasteiger partial charge in [0.05, 0.1) is 6.54 Å². The number of anilines is 1. The Kier molecular flexibility index (Phi) is 3.79. The summed E-state index contributed by atoms with van der Waals surface area (Å²) >= 11 is 0. The number of halogens is 2. The molecule has 0 saturated heterocycles. The number of hydrogen-bond donors (Lipinski definition) is 1. The molecular weight excluding hydrogens is 238 g/mol. The van der Waals surface area contributed by atoms with E-state index in [2.05, 4.69) is 5.32 Å². The first-order valence-corrected chi connectivity index (χ1v) is 5.93. The van der Waals surface area contributed by atoms with Crippen LogP contribution < -0.4 is 5.32 Å². The molecular formula is C13H16F2N2O. The maximum atomic E-state index is 12.2. The molecule has 18 heavy (non-hydrogen) atoms. The van der Waals surface area contributed by atoms with Crippen LogP contribution in [0.15, 0.2) is 24.3 Å². The Labute approximate surface area is 105 Å². The van der Waals surface area contributed by atoms with Gasteiger partial charge in [-0.1, -0.05) is 18.2 Å². The van der Waals surface area contributed by atoms with E-state index in [9.17, 15) is 13.6 Å². The molecule has 1 heterocycles. The fourth-order valence-electron chi connectivity index (χ4n) is 2.21. The van der Waals surface area contributed by atoms with Crippen LogP contribution in [0.5, 0.6) is 0 Å². The number of nitrogens with zero attached hydrogens (tertiary/aromatic N) is 1. The van der Waals surface area contributed by atoms with E-state index >= 15 is 0 Å². The van der Waals surface area contributed by atoms with Crippen molar-refractivity contribution in [2.24, 2.45) is 0 Å². The van der Waals surface area contributed by atoms with Crippen molar-refractivity contribution in [2.45, 2.75) is 18.8 Å². The number of benzene rings is 1. The molecule has 0 spiro atoms. The van der Waals surface area contributed by atoms with E-state index in [1.165, 1.54) is 7.05 Å². The third-order valence-electron chi connectivity index (χ3n) is 3.20. The van der Waals surface area contributed by atoms with Gasteiger partial charge in [-0.05, 0) is 11.6 Å². The molecule has 1 amide bonds. The molecule has 1 aromatic rings. The largest absolute Gasteiger partial charge is 0.384 e. The number of carbonyl (C=O) groups excluding carboxylic acids is 1. The first kappa shape index (κ1) is 12.8. The molecule has 0 aromatic heterocycles. The molecule has 2 rings (SSSR count). The van der Waals surface area contributed by atoms with Gasteiger partial charge in [0.15, 0.2) is 0 Å². The lowest BCUT2D eigenvalue weighted by Gasteiger charge is -2.18. The Hall–Kier alpha value is -1.65. The normalized spacial score (nSPS) is 17.4. The lowest BCUT2D eigenvalue weighted by Crippen LogP contribution is -2.32. The summed E-state index contributed by atoms with van der Waals surface area (Å²) in [6.45, 7) is 0.189. The Bertz CT molecular complexity index is 437. The fraction of sp³-hybridized carbons (Fsp3) is 0.462. The number of rotatable bonds is 4. The van der Waals surface area contributed by atoms with Crippen molar-refractivity contribution < 1.29 is 13.6 Å². The van der Waals surface area contributed by atoms with Gasteiger partial charge in [-0.3, -0.25) is 4.79 Å². The summed E-state index contributed by atoms with van der Waals surface area (Å²) in [5.74, 6) is -0.160. The highest BCUT2D eigenvalue weighted by Gasteiger charge is 2.25. The molecule has 0 saturated carbocycles. The van der Waals surface area contributed by atoms with Crippen LogP contribution in [0, 0.1) is 0 Å². The molecule has 1 atom stereocenters. The van der Waals surface area contributed by atoms with Gasteiger partial charge in [-0.2, -0.15) is 0 Å². The zero-order valence-electron chi connectivity index (χ0n) is 10.2. The van der Waals surface area contributed by atoms with E-state index in [0.29, 0.717) is 6.54 Å². The van der Waals surface area contributed by atoms with Crippen molar-refractivity contribution in [3.05, 3.63) is 29.8 Å². The summed E-state index contributed by atoms with van der Waals surface area (Å²) in [5.41, 5.74) is 2.13. The molecule has 3 nitrogen and oxygen atoms in total. The molecule has 1 aliphatic rings. The minimum absolute atomic E-state index is 0.0776. The zero-order valence-corrected chi connectivity index (χ0v) is 10.2. The maximum Gasteiger partial charge on any atom is 0.255 e. The molecule has 0 fully saturated rings. The summed E-state index contributed by atoms with van der Waals surface area (Å²) in [5, 5.41) is 3.22. The minimum Gasteiger partial charge on any atom is -0.384 e. The van der Waals surface area contributed by atoms with Gasteiger partial charge < -0.3 is 10.2 Å². The van der Waals surface area contributed by atoms with Gasteiger partial charge >= 0.3 is 0 Å². The zero-order chi connectivity index (χ0) is 13.1. The average molecular weight is 254 g/mol. The van der Waals surface area contributed by atoms with Crippen molar-refractivity contribution >= 4 is 11.6 Å². The minimum atomic E-state index is -2.48. The second kappa shape index (κ2) is 5.33. The Morgan fingerprint density at radius 3 is 2.94 bits per heavy atom. The number of alkyl halides is 2. The number of carbonyl (C=O) groups is 1. The molecule has 1 unspecified atom stereocenters. The number of para-hydroxylation sites is 1. The predicted molar refractivity (Wildman–Crippen MR) is 65.9 cm³/mol. The van der Waals surface area contributed by atoms with E-state index in [1.54, 1.807) is 0 Å². The topological polar surface area (TPSA) is 32.3 Å². The van der Waals surface area contributed by atoms with Crippen LogP contribution in [0.3, 0.4) is 0 Å². The van der Waals surface area contributed by atoms with Gasteiger partial charge in [0.25, 0.3) is 6.43 Å². The Morgan fingerprint density at radius 1 is 1.50 bits per heavy atom. The molecule has 98 valence electrons. The van der Waals surface area contributed by atoms with Gasteiger partial charge in [0.1, 0.15) is 0 Å². The van der Waals surface area contributed by atoms with E-state index in [1.807, 2.05) is 24.3 Å². The first-order valence-electron chi connectivity index (χ1n) is 5.93. The first-order chi connectivity index (χ1) is 8.58. The summed E-state index contributed by atoms with van der Waals surface area (Å²) in [6.07, 6.45) is -2.21. The molecule has 0 radical (unpaired) electrons. The van der Waals surface area contributed by atoms with Crippen LogP contribution in [-0.2, 0) is 4.79 Å². The van der Waals surface area contributed by atoms with E-state index in [0.717, 1.165) is 16.2 Å². The number of fused-ring (bicyclic) bond motifs is 1. The summed E-state index contributed by atoms with van der Waals surface area (Å²) in [4.78, 5) is 12.9. The van der Waals surface area contributed by atoms with E-state index in [4.69, 9.17) is 0 Å². The number of amides is 1. The van der Waals surface area contributed by atoms with Crippen molar-refractivity contribution in [1.29, 1.82) is 0 Å². The summed E-state index contributed by atoms with van der Waals surface area (Å²) in [7, 11) is 1.42. The quantitative estimate of drug-likeness (QED) is 0.894. The standard InChI is InChI=1S/C13H16F2N2O/c1-17(8-12(14)15)13(18)6-9-7-16-11-5-3-2-4-10(9)11/h2-5,9,12,16H,6-8H2,1H3. The maximum absolute atomic E-state index is 12.2. The lowest BCUT2D eigenvalue weighted by atomic mass is 9.97. The second-order valence-electron chi connectivity index (χ2n) is 4.53. The summed E-state index contributed by atoms with van der Waals surface area (Å²) in [6, 6.07) is 7.79. The van der Waals surface area contributed by atoms with Crippen LogP contribution in [-0.4, -0.2) is 37.4 Å². The Morgan fingerprint density at radius 2 is 2.22 bits per heavy atom. The third kappa shape index (κ3) is 2.78.